The van der Waals surface area contributed by atoms with Crippen LogP contribution in [0.1, 0.15) is 30.6 Å². The summed E-state index contributed by atoms with van der Waals surface area (Å²) in [5, 5.41) is 8.92. The molecule has 1 rings (SSSR count). The van der Waals surface area contributed by atoms with Crippen LogP contribution in [0.4, 0.5) is 0 Å². The lowest BCUT2D eigenvalue weighted by molar-refractivity contribution is 0.0696. The Balaban J connectivity index is 3.36. The van der Waals surface area contributed by atoms with Crippen LogP contribution in [0.2, 0.25) is 5.02 Å². The lowest BCUT2D eigenvalue weighted by Crippen LogP contribution is -2.34. The molecule has 0 heterocycles. The van der Waals surface area contributed by atoms with Crippen LogP contribution in [-0.4, -0.2) is 36.9 Å². The summed E-state index contributed by atoms with van der Waals surface area (Å²) in [6.07, 6.45) is 0.645. The van der Waals surface area contributed by atoms with Crippen molar-refractivity contribution < 1.29 is 18.3 Å². The topological polar surface area (TPSA) is 74.7 Å². The Kier molecular flexibility index (Phi) is 4.95. The van der Waals surface area contributed by atoms with Gasteiger partial charge in [0.1, 0.15) is 4.90 Å². The maximum atomic E-state index is 12.4. The average Bonchev–Trinajstić information content (AvgIpc) is 2.36. The summed E-state index contributed by atoms with van der Waals surface area (Å²) in [5.74, 6) is -1.20. The van der Waals surface area contributed by atoms with Crippen molar-refractivity contribution in [1.82, 2.24) is 4.31 Å². The van der Waals surface area contributed by atoms with Gasteiger partial charge in [0, 0.05) is 13.1 Å². The molecule has 5 nitrogen and oxygen atoms in total. The number of sulfonamides is 1. The van der Waals surface area contributed by atoms with E-state index in [1.807, 2.05) is 6.92 Å². The number of rotatable bonds is 5. The molecule has 0 fully saturated rings. The number of nitrogens with zero attached hydrogens (tertiary/aromatic N) is 1. The van der Waals surface area contributed by atoms with Crippen LogP contribution >= 0.6 is 11.6 Å². The highest BCUT2D eigenvalue weighted by molar-refractivity contribution is 7.89. The third kappa shape index (κ3) is 3.26. The van der Waals surface area contributed by atoms with E-state index >= 15 is 0 Å². The largest absolute Gasteiger partial charge is 0.478 e. The highest BCUT2D eigenvalue weighted by atomic mass is 35.5. The highest BCUT2D eigenvalue weighted by Gasteiger charge is 2.27. The molecule has 7 heteroatoms. The molecule has 0 aliphatic carbocycles. The van der Waals surface area contributed by atoms with Gasteiger partial charge in [0.05, 0.1) is 10.6 Å². The van der Waals surface area contributed by atoms with E-state index in [1.54, 1.807) is 6.92 Å². The Morgan fingerprint density at radius 1 is 1.47 bits per heavy atom. The molecule has 0 bridgehead atoms. The molecule has 19 heavy (non-hydrogen) atoms. The predicted molar refractivity (Wildman–Crippen MR) is 73.1 cm³/mol. The van der Waals surface area contributed by atoms with Crippen molar-refractivity contribution in [3.8, 4) is 0 Å². The second kappa shape index (κ2) is 5.90. The van der Waals surface area contributed by atoms with Crippen molar-refractivity contribution in [2.45, 2.75) is 31.2 Å². The first-order chi connectivity index (χ1) is 8.71. The van der Waals surface area contributed by atoms with Crippen LogP contribution < -0.4 is 0 Å². The molecular weight excluding hydrogens is 290 g/mol. The summed E-state index contributed by atoms with van der Waals surface area (Å²) >= 11 is 5.88. The molecule has 0 aliphatic heterocycles. The minimum atomic E-state index is -3.80. The Bertz CT molecular complexity index is 585. The molecule has 1 N–H and O–H groups in total. The Hall–Kier alpha value is -1.11. The predicted octanol–water partition coefficient (Wildman–Crippen LogP) is 2.46. The van der Waals surface area contributed by atoms with Crippen molar-refractivity contribution in [3.05, 3.63) is 28.8 Å². The molecule has 106 valence electrons. The fourth-order valence-corrected chi connectivity index (χ4v) is 3.42. The Labute approximate surface area is 117 Å². The molecule has 0 radical (unpaired) electrons. The zero-order valence-corrected chi connectivity index (χ0v) is 12.5. The van der Waals surface area contributed by atoms with Gasteiger partial charge in [-0.25, -0.2) is 13.2 Å². The number of benzene rings is 1. The molecule has 0 saturated carbocycles. The van der Waals surface area contributed by atoms with Gasteiger partial charge in [-0.15, -0.1) is 0 Å². The van der Waals surface area contributed by atoms with E-state index in [9.17, 15) is 13.2 Å². The number of carboxylic acid groups (broad SMARTS) is 1. The van der Waals surface area contributed by atoms with E-state index in [-0.39, 0.29) is 21.5 Å². The third-order valence-electron chi connectivity index (χ3n) is 3.05. The molecule has 0 amide bonds. The van der Waals surface area contributed by atoms with Crippen molar-refractivity contribution in [1.29, 1.82) is 0 Å². The zero-order chi connectivity index (χ0) is 14.8. The SMILES string of the molecule is CCC(C)N(C)S(=O)(=O)c1cc(C(=O)O)ccc1Cl. The van der Waals surface area contributed by atoms with Gasteiger partial charge < -0.3 is 5.11 Å². The van der Waals surface area contributed by atoms with Crippen molar-refractivity contribution in [2.24, 2.45) is 0 Å². The van der Waals surface area contributed by atoms with Gasteiger partial charge in [-0.3, -0.25) is 0 Å². The van der Waals surface area contributed by atoms with Crippen LogP contribution in [0, 0.1) is 0 Å². The molecule has 1 unspecified atom stereocenters. The van der Waals surface area contributed by atoms with E-state index < -0.39 is 16.0 Å². The van der Waals surface area contributed by atoms with Gasteiger partial charge in [-0.05, 0) is 31.5 Å². The third-order valence-corrected chi connectivity index (χ3v) is 5.50. The monoisotopic (exact) mass is 305 g/mol. The van der Waals surface area contributed by atoms with Crippen LogP contribution in [-0.2, 0) is 10.0 Å². The number of aromatic carboxylic acids is 1. The van der Waals surface area contributed by atoms with Gasteiger partial charge in [0.25, 0.3) is 0 Å². The summed E-state index contributed by atoms with van der Waals surface area (Å²) in [6, 6.07) is 3.43. The maximum absolute atomic E-state index is 12.4. The standard InChI is InChI=1S/C12H16ClNO4S/c1-4-8(2)14(3)19(17,18)11-7-9(12(15)16)5-6-10(11)13/h5-8H,4H2,1-3H3,(H,15,16). The lowest BCUT2D eigenvalue weighted by Gasteiger charge is -2.23. The van der Waals surface area contributed by atoms with Gasteiger partial charge in [0.2, 0.25) is 10.0 Å². The average molecular weight is 306 g/mol. The van der Waals surface area contributed by atoms with Gasteiger partial charge in [-0.2, -0.15) is 4.31 Å². The fraction of sp³-hybridized carbons (Fsp3) is 0.417. The van der Waals surface area contributed by atoms with Crippen molar-refractivity contribution in [3.63, 3.8) is 0 Å². The first-order valence-corrected chi connectivity index (χ1v) is 7.54. The Morgan fingerprint density at radius 2 is 2.05 bits per heavy atom. The molecule has 0 saturated heterocycles. The van der Waals surface area contributed by atoms with E-state index in [0.29, 0.717) is 6.42 Å². The number of carbonyl (C=O) groups is 1. The molecule has 0 aromatic heterocycles. The molecule has 0 spiro atoms. The smallest absolute Gasteiger partial charge is 0.335 e. The van der Waals surface area contributed by atoms with E-state index in [1.165, 1.54) is 23.5 Å². The Morgan fingerprint density at radius 3 is 2.53 bits per heavy atom. The fourth-order valence-electron chi connectivity index (χ4n) is 1.48. The quantitative estimate of drug-likeness (QED) is 0.906. The highest BCUT2D eigenvalue weighted by Crippen LogP contribution is 2.26. The first-order valence-electron chi connectivity index (χ1n) is 5.72. The van der Waals surface area contributed by atoms with Crippen LogP contribution in [0.25, 0.3) is 0 Å². The molecule has 1 aromatic carbocycles. The summed E-state index contributed by atoms with van der Waals surface area (Å²) in [5.41, 5.74) is -0.111. The molecule has 1 atom stereocenters. The normalized spacial score (nSPS) is 13.5. The molecule has 0 aliphatic rings. The summed E-state index contributed by atoms with van der Waals surface area (Å²) < 4.78 is 25.9. The minimum absolute atomic E-state index is 0.0140. The minimum Gasteiger partial charge on any atom is -0.478 e. The van der Waals surface area contributed by atoms with Crippen molar-refractivity contribution >= 4 is 27.6 Å². The number of hydrogen-bond donors (Lipinski definition) is 1. The maximum Gasteiger partial charge on any atom is 0.335 e. The zero-order valence-electron chi connectivity index (χ0n) is 10.9. The van der Waals surface area contributed by atoms with Crippen LogP contribution in [0.15, 0.2) is 23.1 Å². The number of carboxylic acids is 1. The number of hydrogen-bond acceptors (Lipinski definition) is 3. The number of halogens is 1. The summed E-state index contributed by atoms with van der Waals surface area (Å²) in [7, 11) is -2.35. The first kappa shape index (κ1) is 15.9. The molecular formula is C12H16ClNO4S. The van der Waals surface area contributed by atoms with Gasteiger partial charge >= 0.3 is 5.97 Å². The van der Waals surface area contributed by atoms with Crippen LogP contribution in [0.3, 0.4) is 0 Å². The summed E-state index contributed by atoms with van der Waals surface area (Å²) in [4.78, 5) is 10.7. The van der Waals surface area contributed by atoms with E-state index in [2.05, 4.69) is 0 Å². The van der Waals surface area contributed by atoms with Gasteiger partial charge in [0.15, 0.2) is 0 Å². The molecule has 1 aromatic rings. The van der Waals surface area contributed by atoms with E-state index in [4.69, 9.17) is 16.7 Å². The second-order valence-corrected chi connectivity index (χ2v) is 6.60. The second-order valence-electron chi connectivity index (χ2n) is 4.23. The van der Waals surface area contributed by atoms with Crippen molar-refractivity contribution in [2.75, 3.05) is 7.05 Å². The van der Waals surface area contributed by atoms with E-state index in [0.717, 1.165) is 6.07 Å². The van der Waals surface area contributed by atoms with Crippen LogP contribution in [0.5, 0.6) is 0 Å². The summed E-state index contributed by atoms with van der Waals surface area (Å²) in [6.45, 7) is 3.64. The van der Waals surface area contributed by atoms with Gasteiger partial charge in [-0.1, -0.05) is 18.5 Å². The lowest BCUT2D eigenvalue weighted by atomic mass is 10.2.